The van der Waals surface area contributed by atoms with Gasteiger partial charge in [-0.25, -0.2) is 4.79 Å². The third-order valence-corrected chi connectivity index (χ3v) is 4.22. The molecule has 2 heterocycles. The summed E-state index contributed by atoms with van der Waals surface area (Å²) >= 11 is 5.61. The first-order valence-electron chi connectivity index (χ1n) is 7.83. The molecule has 2 N–H and O–H groups in total. The number of halogens is 4. The van der Waals surface area contributed by atoms with E-state index >= 15 is 0 Å². The van der Waals surface area contributed by atoms with E-state index in [0.29, 0.717) is 17.3 Å². The molecule has 0 bridgehead atoms. The van der Waals surface area contributed by atoms with Crippen molar-refractivity contribution >= 4 is 34.2 Å². The molecule has 3 rings (SSSR count). The fourth-order valence-corrected chi connectivity index (χ4v) is 2.79. The summed E-state index contributed by atoms with van der Waals surface area (Å²) in [5, 5.41) is 11.6. The van der Waals surface area contributed by atoms with Crippen molar-refractivity contribution in [3.05, 3.63) is 68.3 Å². The Morgan fingerprint density at radius 3 is 2.68 bits per heavy atom. The van der Waals surface area contributed by atoms with E-state index in [4.69, 9.17) is 16.0 Å². The predicted molar refractivity (Wildman–Crippen MR) is 95.3 cm³/mol. The Morgan fingerprint density at radius 2 is 2.04 bits per heavy atom. The second-order valence-corrected chi connectivity index (χ2v) is 6.30. The number of aliphatic hydroxyl groups excluding tert-OH is 1. The van der Waals surface area contributed by atoms with Gasteiger partial charge < -0.3 is 14.8 Å². The molecule has 0 aliphatic rings. The average molecular weight is 413 g/mol. The summed E-state index contributed by atoms with van der Waals surface area (Å²) in [6.45, 7) is 1.13. The van der Waals surface area contributed by atoms with Crippen molar-refractivity contribution in [1.82, 2.24) is 4.98 Å². The summed E-state index contributed by atoms with van der Waals surface area (Å²) in [6.07, 6.45) is -3.42. The van der Waals surface area contributed by atoms with Gasteiger partial charge in [0.15, 0.2) is 5.58 Å². The van der Waals surface area contributed by atoms with E-state index in [1.165, 1.54) is 12.3 Å². The SMILES string of the molecule is Cc1ncc(CO)c2cc(C(=O)Nc3ccc(Cl)cc3C(F)(F)F)c(=O)oc12. The summed E-state index contributed by atoms with van der Waals surface area (Å²) in [7, 11) is 0. The molecule has 0 fully saturated rings. The Balaban J connectivity index is 2.08. The van der Waals surface area contributed by atoms with Crippen LogP contribution in [0.4, 0.5) is 18.9 Å². The van der Waals surface area contributed by atoms with E-state index in [1.807, 2.05) is 0 Å². The number of aromatic nitrogens is 1. The minimum absolute atomic E-state index is 0.0792. The minimum atomic E-state index is -4.77. The maximum atomic E-state index is 13.2. The molecule has 0 unspecified atom stereocenters. The van der Waals surface area contributed by atoms with E-state index < -0.39 is 41.1 Å². The second-order valence-electron chi connectivity index (χ2n) is 5.86. The molecule has 28 heavy (non-hydrogen) atoms. The van der Waals surface area contributed by atoms with Gasteiger partial charge in [0, 0.05) is 22.2 Å². The summed E-state index contributed by atoms with van der Waals surface area (Å²) in [5.41, 5.74) is -2.56. The maximum absolute atomic E-state index is 13.2. The van der Waals surface area contributed by atoms with E-state index in [0.717, 1.165) is 12.1 Å². The van der Waals surface area contributed by atoms with Crippen LogP contribution in [-0.4, -0.2) is 16.0 Å². The van der Waals surface area contributed by atoms with Gasteiger partial charge in [-0.15, -0.1) is 0 Å². The third-order valence-electron chi connectivity index (χ3n) is 3.99. The third kappa shape index (κ3) is 3.71. The molecule has 6 nitrogen and oxygen atoms in total. The molecule has 1 amide bonds. The van der Waals surface area contributed by atoms with Crippen LogP contribution >= 0.6 is 11.6 Å². The lowest BCUT2D eigenvalue weighted by Crippen LogP contribution is -2.22. The predicted octanol–water partition coefficient (Wildman–Crippen LogP) is 3.91. The topological polar surface area (TPSA) is 92.4 Å². The van der Waals surface area contributed by atoms with Crippen molar-refractivity contribution in [2.75, 3.05) is 5.32 Å². The number of carbonyl (C=O) groups excluding carboxylic acids is 1. The number of pyridine rings is 1. The Labute approximate surface area is 160 Å². The number of aryl methyl sites for hydroxylation is 1. The van der Waals surface area contributed by atoms with Gasteiger partial charge in [0.05, 0.1) is 23.6 Å². The van der Waals surface area contributed by atoms with Crippen LogP contribution in [0.2, 0.25) is 5.02 Å². The van der Waals surface area contributed by atoms with Crippen LogP contribution in [-0.2, 0) is 12.8 Å². The molecule has 0 aliphatic heterocycles. The number of anilines is 1. The van der Waals surface area contributed by atoms with Gasteiger partial charge in [0.2, 0.25) is 0 Å². The monoisotopic (exact) mass is 412 g/mol. The number of rotatable bonds is 3. The number of nitrogens with one attached hydrogen (secondary N) is 1. The quantitative estimate of drug-likeness (QED) is 0.680. The van der Waals surface area contributed by atoms with Gasteiger partial charge in [0.25, 0.3) is 5.91 Å². The van der Waals surface area contributed by atoms with Gasteiger partial charge in [0.1, 0.15) is 5.56 Å². The first kappa shape index (κ1) is 19.8. The van der Waals surface area contributed by atoms with Crippen LogP contribution in [0.1, 0.15) is 27.2 Å². The lowest BCUT2D eigenvalue weighted by Gasteiger charge is -2.14. The van der Waals surface area contributed by atoms with Crippen LogP contribution in [0, 0.1) is 6.92 Å². The van der Waals surface area contributed by atoms with Gasteiger partial charge in [-0.1, -0.05) is 11.6 Å². The fourth-order valence-electron chi connectivity index (χ4n) is 2.62. The number of amides is 1. The molecule has 0 saturated carbocycles. The van der Waals surface area contributed by atoms with Crippen LogP contribution in [0.15, 0.2) is 39.7 Å². The van der Waals surface area contributed by atoms with E-state index in [-0.39, 0.29) is 16.0 Å². The molecule has 0 spiro atoms. The Bertz CT molecular complexity index is 1140. The van der Waals surface area contributed by atoms with Crippen molar-refractivity contribution in [1.29, 1.82) is 0 Å². The Kier molecular flexibility index (Phi) is 5.14. The van der Waals surface area contributed by atoms with Crippen molar-refractivity contribution < 1.29 is 27.5 Å². The zero-order chi connectivity index (χ0) is 20.6. The minimum Gasteiger partial charge on any atom is -0.420 e. The van der Waals surface area contributed by atoms with Crippen molar-refractivity contribution in [2.24, 2.45) is 0 Å². The highest BCUT2D eigenvalue weighted by Gasteiger charge is 2.34. The number of benzene rings is 1. The van der Waals surface area contributed by atoms with E-state index in [1.54, 1.807) is 6.92 Å². The highest BCUT2D eigenvalue weighted by atomic mass is 35.5. The lowest BCUT2D eigenvalue weighted by molar-refractivity contribution is -0.136. The molecule has 0 atom stereocenters. The number of alkyl halides is 3. The van der Waals surface area contributed by atoms with Crippen LogP contribution in [0.25, 0.3) is 11.0 Å². The number of carbonyl (C=O) groups is 1. The summed E-state index contributed by atoms with van der Waals surface area (Å²) in [4.78, 5) is 28.6. The first-order chi connectivity index (χ1) is 13.1. The average Bonchev–Trinajstić information content (AvgIpc) is 2.62. The van der Waals surface area contributed by atoms with E-state index in [2.05, 4.69) is 10.3 Å². The van der Waals surface area contributed by atoms with Crippen molar-refractivity contribution in [3.63, 3.8) is 0 Å². The molecule has 0 radical (unpaired) electrons. The lowest BCUT2D eigenvalue weighted by atomic mass is 10.1. The van der Waals surface area contributed by atoms with Crippen molar-refractivity contribution in [3.8, 4) is 0 Å². The molecule has 0 aliphatic carbocycles. The normalized spacial score (nSPS) is 11.6. The van der Waals surface area contributed by atoms with Gasteiger partial charge in [-0.3, -0.25) is 9.78 Å². The highest BCUT2D eigenvalue weighted by molar-refractivity contribution is 6.30. The van der Waals surface area contributed by atoms with Gasteiger partial charge in [-0.2, -0.15) is 13.2 Å². The van der Waals surface area contributed by atoms with Crippen LogP contribution in [0.3, 0.4) is 0 Å². The van der Waals surface area contributed by atoms with Gasteiger partial charge in [-0.05, 0) is 31.2 Å². The molecular formula is C18H12ClF3N2O4. The zero-order valence-electron chi connectivity index (χ0n) is 14.2. The maximum Gasteiger partial charge on any atom is 0.418 e. The molecule has 10 heteroatoms. The molecule has 2 aromatic heterocycles. The number of aliphatic hydroxyl groups is 1. The number of nitrogens with zero attached hydrogens (tertiary/aromatic N) is 1. The van der Waals surface area contributed by atoms with Crippen LogP contribution < -0.4 is 10.9 Å². The standard InChI is InChI=1S/C18H12ClF3N2O4/c1-8-15-11(9(7-25)6-23-8)5-12(17(27)28-15)16(26)24-14-3-2-10(19)4-13(14)18(20,21)22/h2-6,25H,7H2,1H3,(H,24,26). The molecule has 3 aromatic rings. The van der Waals surface area contributed by atoms with Gasteiger partial charge >= 0.3 is 11.8 Å². The zero-order valence-corrected chi connectivity index (χ0v) is 15.0. The number of hydrogen-bond acceptors (Lipinski definition) is 5. The Hall–Kier alpha value is -2.91. The Morgan fingerprint density at radius 1 is 1.32 bits per heavy atom. The van der Waals surface area contributed by atoms with E-state index in [9.17, 15) is 27.9 Å². The number of hydrogen-bond donors (Lipinski definition) is 2. The number of fused-ring (bicyclic) bond motifs is 1. The molecule has 146 valence electrons. The summed E-state index contributed by atoms with van der Waals surface area (Å²) in [5.74, 6) is -1.10. The second kappa shape index (κ2) is 7.25. The largest absolute Gasteiger partial charge is 0.420 e. The molecule has 0 saturated heterocycles. The van der Waals surface area contributed by atoms with Crippen molar-refractivity contribution in [2.45, 2.75) is 19.7 Å². The molecule has 1 aromatic carbocycles. The summed E-state index contributed by atoms with van der Waals surface area (Å²) < 4.78 is 44.7. The summed E-state index contributed by atoms with van der Waals surface area (Å²) in [6, 6.07) is 3.98. The molecular weight excluding hydrogens is 401 g/mol. The highest BCUT2D eigenvalue weighted by Crippen LogP contribution is 2.36. The smallest absolute Gasteiger partial charge is 0.418 e. The first-order valence-corrected chi connectivity index (χ1v) is 8.21. The fraction of sp³-hybridized carbons (Fsp3) is 0.167. The van der Waals surface area contributed by atoms with Crippen LogP contribution in [0.5, 0.6) is 0 Å².